The molecule has 0 spiro atoms. The molecule has 0 atom stereocenters. The van der Waals surface area contributed by atoms with Gasteiger partial charge in [-0.2, -0.15) is 13.2 Å². The van der Waals surface area contributed by atoms with Crippen LogP contribution in [0.1, 0.15) is 22.3 Å². The summed E-state index contributed by atoms with van der Waals surface area (Å²) < 4.78 is 107. The van der Waals surface area contributed by atoms with Crippen molar-refractivity contribution < 1.29 is 35.3 Å². The van der Waals surface area contributed by atoms with Crippen molar-refractivity contribution in [3.63, 3.8) is 0 Å². The molecule has 3 nitrogen and oxygen atoms in total. The number of benzene rings is 7. The molecule has 0 N–H and O–H groups in total. The minimum atomic E-state index is -4.87. The number of hydrogen-bond acceptors (Lipinski definition) is 1. The number of halogens is 7. The van der Waals surface area contributed by atoms with Crippen molar-refractivity contribution in [2.75, 3.05) is 0 Å². The second kappa shape index (κ2) is 12.2. The predicted molar refractivity (Wildman–Crippen MR) is 189 cm³/mol. The van der Waals surface area contributed by atoms with Crippen LogP contribution >= 0.6 is 0 Å². The van der Waals surface area contributed by atoms with E-state index in [-0.39, 0.29) is 39.1 Å². The molecule has 0 aliphatic heterocycles. The Morgan fingerprint density at radius 2 is 1.08 bits per heavy atom. The molecule has 7 aromatic rings. The van der Waals surface area contributed by atoms with Crippen LogP contribution in [-0.4, -0.2) is 10.3 Å². The quantitative estimate of drug-likeness (QED) is 0.0448. The molecule has 0 radical (unpaired) electrons. The van der Waals surface area contributed by atoms with Gasteiger partial charge in [-0.05, 0) is 97.7 Å². The summed E-state index contributed by atoms with van der Waals surface area (Å²) in [5, 5.41) is 13.8. The van der Waals surface area contributed by atoms with E-state index in [4.69, 9.17) is 6.57 Å². The summed E-state index contributed by atoms with van der Waals surface area (Å²) in [6, 6.07) is 30.3. The van der Waals surface area contributed by atoms with Crippen LogP contribution in [0.15, 0.2) is 109 Å². The van der Waals surface area contributed by atoms with Crippen molar-refractivity contribution in [2.24, 2.45) is 0 Å². The van der Waals surface area contributed by atoms with Gasteiger partial charge in [0.1, 0.15) is 0 Å². The van der Waals surface area contributed by atoms with E-state index in [0.717, 1.165) is 22.2 Å². The van der Waals surface area contributed by atoms with E-state index >= 15 is 17.6 Å². The van der Waals surface area contributed by atoms with Gasteiger partial charge in [-0.1, -0.05) is 78.9 Å². The standard InChI is InChI=1S/C43H21F7N3/c1-22-15-31-32-20-35(43(48,49)50)30(28-14-12-24-8-4-6-10-26(24)17-28)19-34(32)41(53(21-51)42-38(46)36(44)40(52-2)37(45)39(42)47)33(31)18-29(22)27-13-11-23-7-3-5-9-25(23)16-27/h3-20H,1H3/q+1. The lowest BCUT2D eigenvalue weighted by Crippen LogP contribution is -2.17. The second-order valence-electron chi connectivity index (χ2n) is 12.6. The number of alkyl halides is 3. The molecular weight excluding hydrogens is 691 g/mol. The van der Waals surface area contributed by atoms with Crippen molar-refractivity contribution in [2.45, 2.75) is 13.1 Å². The van der Waals surface area contributed by atoms with Crippen LogP contribution < -0.4 is 0 Å². The van der Waals surface area contributed by atoms with E-state index in [2.05, 4.69) is 4.85 Å². The monoisotopic (exact) mass is 712 g/mol. The van der Waals surface area contributed by atoms with Crippen LogP contribution in [0.5, 0.6) is 0 Å². The molecule has 0 bridgehead atoms. The SMILES string of the molecule is [C-]#[N+]c1c(F)c(F)c([N+](C#N)=C2c3cc(-c4ccc5ccccc5c4)c(C)cc3-c3cc(C(F)(F)F)c(-c4ccc5ccccc5c4)cc32)c(F)c1F. The maximum absolute atomic E-state index is 15.7. The average Bonchev–Trinajstić information content (AvgIpc) is 3.46. The summed E-state index contributed by atoms with van der Waals surface area (Å²) >= 11 is 0. The molecule has 1 aliphatic rings. The molecule has 0 fully saturated rings. The zero-order chi connectivity index (χ0) is 37.3. The number of rotatable bonds is 3. The molecule has 0 saturated heterocycles. The van der Waals surface area contributed by atoms with Gasteiger partial charge in [0, 0.05) is 11.1 Å². The highest BCUT2D eigenvalue weighted by Crippen LogP contribution is 2.48. The van der Waals surface area contributed by atoms with Gasteiger partial charge in [0.2, 0.25) is 5.69 Å². The van der Waals surface area contributed by atoms with Crippen LogP contribution in [0.2, 0.25) is 0 Å². The molecular formula is C43H21F7N3+. The molecule has 0 aromatic heterocycles. The third-order valence-corrected chi connectivity index (χ3v) is 9.63. The van der Waals surface area contributed by atoms with E-state index in [1.54, 1.807) is 61.6 Å². The van der Waals surface area contributed by atoms with Crippen molar-refractivity contribution in [3.05, 3.63) is 166 Å². The van der Waals surface area contributed by atoms with Crippen molar-refractivity contribution in [1.29, 1.82) is 5.26 Å². The first kappa shape index (κ1) is 33.4. The molecule has 0 saturated carbocycles. The van der Waals surface area contributed by atoms with E-state index in [0.29, 0.717) is 26.7 Å². The second-order valence-corrected chi connectivity index (χ2v) is 12.6. The molecule has 10 heteroatoms. The van der Waals surface area contributed by atoms with Crippen LogP contribution in [0.25, 0.3) is 59.8 Å². The number of fused-ring (bicyclic) bond motifs is 5. The van der Waals surface area contributed by atoms with Crippen molar-refractivity contribution in [3.8, 4) is 39.6 Å². The van der Waals surface area contributed by atoms with Crippen molar-refractivity contribution >= 4 is 38.6 Å². The largest absolute Gasteiger partial charge is 0.465 e. The molecule has 7 aromatic carbocycles. The van der Waals surface area contributed by atoms with Gasteiger partial charge < -0.3 is 0 Å². The van der Waals surface area contributed by atoms with Gasteiger partial charge in [-0.25, -0.2) is 22.4 Å². The molecule has 8 rings (SSSR count). The molecule has 1 aliphatic carbocycles. The topological polar surface area (TPSA) is 31.2 Å². The Labute approximate surface area is 297 Å². The maximum Gasteiger partial charge on any atom is 0.465 e. The van der Waals surface area contributed by atoms with Gasteiger partial charge in [0.25, 0.3) is 5.69 Å². The van der Waals surface area contributed by atoms with Gasteiger partial charge in [0.05, 0.1) is 12.1 Å². The zero-order valence-electron chi connectivity index (χ0n) is 27.4. The van der Waals surface area contributed by atoms with E-state index in [1.165, 1.54) is 12.1 Å². The van der Waals surface area contributed by atoms with Gasteiger partial charge in [0.15, 0.2) is 34.2 Å². The Hall–Kier alpha value is -6.78. The highest BCUT2D eigenvalue weighted by molar-refractivity contribution is 6.24. The zero-order valence-corrected chi connectivity index (χ0v) is 27.4. The Bertz CT molecular complexity index is 2830. The lowest BCUT2D eigenvalue weighted by molar-refractivity contribution is -0.345. The first-order valence-corrected chi connectivity index (χ1v) is 16.1. The summed E-state index contributed by atoms with van der Waals surface area (Å²) in [6.45, 7) is 8.80. The fraction of sp³-hybridized carbons (Fsp3) is 0.0465. The fourth-order valence-corrected chi connectivity index (χ4v) is 7.14. The Morgan fingerprint density at radius 1 is 0.585 bits per heavy atom. The summed E-state index contributed by atoms with van der Waals surface area (Å²) in [6.07, 6.45) is -3.24. The number of nitriles is 1. The third kappa shape index (κ3) is 5.22. The minimum Gasteiger partial charge on any atom is -0.232 e. The number of hydrogen-bond donors (Lipinski definition) is 0. The van der Waals surface area contributed by atoms with Crippen LogP contribution in [-0.2, 0) is 6.18 Å². The van der Waals surface area contributed by atoms with E-state index < -0.39 is 46.4 Å². The van der Waals surface area contributed by atoms with Crippen LogP contribution in [0, 0.1) is 48.2 Å². The Morgan fingerprint density at radius 3 is 1.58 bits per heavy atom. The molecule has 0 amide bonds. The predicted octanol–water partition coefficient (Wildman–Crippen LogP) is 12.4. The third-order valence-electron chi connectivity index (χ3n) is 9.63. The first-order valence-electron chi connectivity index (χ1n) is 16.1. The van der Waals surface area contributed by atoms with Crippen molar-refractivity contribution in [1.82, 2.24) is 0 Å². The average molecular weight is 713 g/mol. The first-order chi connectivity index (χ1) is 25.4. The van der Waals surface area contributed by atoms with Crippen LogP contribution in [0.3, 0.4) is 0 Å². The highest BCUT2D eigenvalue weighted by atomic mass is 19.4. The number of nitrogens with zero attached hydrogens (tertiary/aromatic N) is 3. The van der Waals surface area contributed by atoms with Gasteiger partial charge in [-0.15, -0.1) is 4.58 Å². The summed E-state index contributed by atoms with van der Waals surface area (Å²) in [7, 11) is 0. The Balaban J connectivity index is 1.49. The molecule has 256 valence electrons. The summed E-state index contributed by atoms with van der Waals surface area (Å²) in [5.74, 6) is -8.05. The highest BCUT2D eigenvalue weighted by Gasteiger charge is 2.41. The fourth-order valence-electron chi connectivity index (χ4n) is 7.14. The molecule has 0 heterocycles. The van der Waals surface area contributed by atoms with Gasteiger partial charge >= 0.3 is 12.4 Å². The minimum absolute atomic E-state index is 0.0141. The normalized spacial score (nSPS) is 13.1. The Kier molecular flexibility index (Phi) is 7.67. The van der Waals surface area contributed by atoms with E-state index in [1.807, 2.05) is 42.5 Å². The lowest BCUT2D eigenvalue weighted by Gasteiger charge is -2.16. The summed E-state index contributed by atoms with van der Waals surface area (Å²) in [4.78, 5) is 2.57. The lowest BCUT2D eigenvalue weighted by atomic mass is 9.91. The van der Waals surface area contributed by atoms with Gasteiger partial charge in [-0.3, -0.25) is 0 Å². The maximum atomic E-state index is 15.7. The molecule has 53 heavy (non-hydrogen) atoms. The number of aryl methyl sites for hydroxylation is 1. The summed E-state index contributed by atoms with van der Waals surface area (Å²) in [5.41, 5.74) is -2.27. The van der Waals surface area contributed by atoms with Crippen LogP contribution in [0.4, 0.5) is 42.1 Å². The van der Waals surface area contributed by atoms with E-state index in [9.17, 15) is 18.4 Å². The smallest absolute Gasteiger partial charge is 0.232 e. The molecule has 0 unspecified atom stereocenters.